The molecule has 0 atom stereocenters. The molecule has 0 fully saturated rings. The van der Waals surface area contributed by atoms with Crippen LogP contribution in [0.15, 0.2) is 59.7 Å². The summed E-state index contributed by atoms with van der Waals surface area (Å²) in [7, 11) is 1.54. The highest BCUT2D eigenvalue weighted by atomic mass is 19.4. The second-order valence-electron chi connectivity index (χ2n) is 6.11. The Morgan fingerprint density at radius 3 is 2.76 bits per heavy atom. The van der Waals surface area contributed by atoms with Gasteiger partial charge in [0.05, 0.1) is 12.7 Å². The van der Waals surface area contributed by atoms with E-state index in [2.05, 4.69) is 5.32 Å². The van der Waals surface area contributed by atoms with E-state index in [4.69, 9.17) is 9.47 Å². The highest BCUT2D eigenvalue weighted by molar-refractivity contribution is 6.07. The molecule has 0 aliphatic carbocycles. The molecular weight excluding hydrogens is 385 g/mol. The van der Waals surface area contributed by atoms with E-state index in [0.29, 0.717) is 17.1 Å². The maximum atomic E-state index is 12.8. The lowest BCUT2D eigenvalue weighted by molar-refractivity contribution is -0.137. The fraction of sp³-hybridized carbons (Fsp3) is 0.143. The minimum atomic E-state index is -4.53. The summed E-state index contributed by atoms with van der Waals surface area (Å²) in [6.45, 7) is 0.127. The van der Waals surface area contributed by atoms with Crippen molar-refractivity contribution in [2.45, 2.75) is 6.18 Å². The van der Waals surface area contributed by atoms with Gasteiger partial charge in [-0.3, -0.25) is 4.79 Å². The largest absolute Gasteiger partial charge is 0.497 e. The minimum Gasteiger partial charge on any atom is -0.497 e. The second-order valence-corrected chi connectivity index (χ2v) is 6.11. The minimum absolute atomic E-state index is 0.0581. The van der Waals surface area contributed by atoms with Crippen LogP contribution in [0.3, 0.4) is 0 Å². The summed E-state index contributed by atoms with van der Waals surface area (Å²) in [5.41, 5.74) is 0.108. The monoisotopic (exact) mass is 400 g/mol. The Labute approximate surface area is 164 Å². The lowest BCUT2D eigenvalue weighted by Crippen LogP contribution is -2.15. The number of methoxy groups -OCH3 is 1. The summed E-state index contributed by atoms with van der Waals surface area (Å²) >= 11 is 0. The van der Waals surface area contributed by atoms with Gasteiger partial charge < -0.3 is 14.8 Å². The molecule has 2 aromatic rings. The Balaban J connectivity index is 1.80. The van der Waals surface area contributed by atoms with E-state index < -0.39 is 17.6 Å². The fourth-order valence-electron chi connectivity index (χ4n) is 2.68. The zero-order valence-corrected chi connectivity index (χ0v) is 15.2. The van der Waals surface area contributed by atoms with Crippen molar-refractivity contribution in [1.29, 1.82) is 5.26 Å². The molecule has 148 valence electrons. The zero-order chi connectivity index (χ0) is 21.0. The van der Waals surface area contributed by atoms with Crippen LogP contribution in [0.2, 0.25) is 0 Å². The van der Waals surface area contributed by atoms with Crippen molar-refractivity contribution in [3.8, 4) is 17.6 Å². The van der Waals surface area contributed by atoms with Gasteiger partial charge in [-0.25, -0.2) is 0 Å². The molecule has 8 heteroatoms. The molecular formula is C21H15F3N2O3. The molecule has 0 bridgehead atoms. The van der Waals surface area contributed by atoms with Crippen LogP contribution in [0.5, 0.6) is 11.5 Å². The third-order valence-corrected chi connectivity index (χ3v) is 4.10. The molecule has 0 radical (unpaired) electrons. The molecule has 29 heavy (non-hydrogen) atoms. The van der Waals surface area contributed by atoms with Crippen molar-refractivity contribution in [3.63, 3.8) is 0 Å². The number of nitriles is 1. The van der Waals surface area contributed by atoms with Gasteiger partial charge in [0.1, 0.15) is 29.7 Å². The van der Waals surface area contributed by atoms with Gasteiger partial charge in [-0.1, -0.05) is 6.07 Å². The van der Waals surface area contributed by atoms with Gasteiger partial charge >= 0.3 is 6.18 Å². The Kier molecular flexibility index (Phi) is 5.59. The Bertz CT molecular complexity index is 1050. The molecule has 5 nitrogen and oxygen atoms in total. The van der Waals surface area contributed by atoms with Crippen LogP contribution in [0.25, 0.3) is 6.08 Å². The number of nitrogens with one attached hydrogen (secondary N) is 1. The predicted octanol–water partition coefficient (Wildman–Crippen LogP) is 4.58. The highest BCUT2D eigenvalue weighted by Gasteiger charge is 2.30. The number of hydrogen-bond donors (Lipinski definition) is 1. The van der Waals surface area contributed by atoms with Crippen molar-refractivity contribution < 1.29 is 27.4 Å². The lowest BCUT2D eigenvalue weighted by Gasteiger charge is -2.17. The molecule has 0 unspecified atom stereocenters. The molecule has 1 N–H and O–H groups in total. The Hall–Kier alpha value is -3.73. The number of anilines is 1. The molecule has 0 spiro atoms. The van der Waals surface area contributed by atoms with Gasteiger partial charge in [-0.15, -0.1) is 0 Å². The van der Waals surface area contributed by atoms with Gasteiger partial charge in [0.2, 0.25) is 0 Å². The smallest absolute Gasteiger partial charge is 0.416 e. The SMILES string of the molecule is COc1ccc2c(c1)OCC(/C=C(\C#N)C(=O)Nc1cccc(C(F)(F)F)c1)=C2. The van der Waals surface area contributed by atoms with Crippen LogP contribution in [0, 0.1) is 11.3 Å². The van der Waals surface area contributed by atoms with Crippen LogP contribution in [-0.4, -0.2) is 19.6 Å². The predicted molar refractivity (Wildman–Crippen MR) is 100 cm³/mol. The first kappa shape index (κ1) is 20.0. The number of alkyl halides is 3. The molecule has 0 saturated carbocycles. The number of nitrogens with zero attached hydrogens (tertiary/aromatic N) is 1. The zero-order valence-electron chi connectivity index (χ0n) is 15.2. The van der Waals surface area contributed by atoms with E-state index in [9.17, 15) is 23.2 Å². The summed E-state index contributed by atoms with van der Waals surface area (Å²) < 4.78 is 49.2. The quantitative estimate of drug-likeness (QED) is 0.603. The molecule has 1 aliphatic heterocycles. The van der Waals surface area contributed by atoms with Crippen molar-refractivity contribution in [3.05, 3.63) is 70.8 Å². The van der Waals surface area contributed by atoms with Crippen LogP contribution < -0.4 is 14.8 Å². The van der Waals surface area contributed by atoms with Gasteiger partial charge in [-0.05, 0) is 48.1 Å². The number of carbonyl (C=O) groups excluding carboxylic acids is 1. The van der Waals surface area contributed by atoms with E-state index in [0.717, 1.165) is 17.7 Å². The van der Waals surface area contributed by atoms with E-state index in [1.165, 1.54) is 25.3 Å². The van der Waals surface area contributed by atoms with Crippen LogP contribution in [0.1, 0.15) is 11.1 Å². The number of halogens is 3. The first-order valence-electron chi connectivity index (χ1n) is 8.42. The van der Waals surface area contributed by atoms with Gasteiger partial charge in [-0.2, -0.15) is 18.4 Å². The third-order valence-electron chi connectivity index (χ3n) is 4.10. The van der Waals surface area contributed by atoms with E-state index >= 15 is 0 Å². The Morgan fingerprint density at radius 2 is 2.07 bits per heavy atom. The van der Waals surface area contributed by atoms with Crippen molar-refractivity contribution in [2.75, 3.05) is 19.0 Å². The average Bonchev–Trinajstić information content (AvgIpc) is 2.71. The highest BCUT2D eigenvalue weighted by Crippen LogP contribution is 2.32. The van der Waals surface area contributed by atoms with Gasteiger partial charge in [0, 0.05) is 17.3 Å². The summed E-state index contributed by atoms with van der Waals surface area (Å²) in [5, 5.41) is 11.6. The number of carbonyl (C=O) groups is 1. The lowest BCUT2D eigenvalue weighted by atomic mass is 10.0. The standard InChI is InChI=1S/C21H15F3N2O3/c1-28-18-6-5-14-7-13(12-29-19(14)10-18)8-15(11-25)20(27)26-17-4-2-3-16(9-17)21(22,23)24/h2-10H,12H2,1H3,(H,26,27)/b15-8+. The first-order chi connectivity index (χ1) is 13.8. The number of rotatable bonds is 4. The summed E-state index contributed by atoms with van der Waals surface area (Å²) in [6.07, 6.45) is -1.43. The molecule has 0 saturated heterocycles. The molecule has 2 aromatic carbocycles. The second kappa shape index (κ2) is 8.10. The number of hydrogen-bond acceptors (Lipinski definition) is 4. The maximum Gasteiger partial charge on any atom is 0.416 e. The molecule has 3 rings (SSSR count). The van der Waals surface area contributed by atoms with Crippen molar-refractivity contribution >= 4 is 17.7 Å². The number of amides is 1. The number of fused-ring (bicyclic) bond motifs is 1. The van der Waals surface area contributed by atoms with Crippen LogP contribution in [0.4, 0.5) is 18.9 Å². The normalized spacial score (nSPS) is 13.5. The van der Waals surface area contributed by atoms with Crippen LogP contribution >= 0.6 is 0 Å². The number of benzene rings is 2. The third kappa shape index (κ3) is 4.76. The van der Waals surface area contributed by atoms with E-state index in [1.54, 1.807) is 30.3 Å². The van der Waals surface area contributed by atoms with Gasteiger partial charge in [0.15, 0.2) is 0 Å². The topological polar surface area (TPSA) is 71.3 Å². The summed E-state index contributed by atoms with van der Waals surface area (Å²) in [4.78, 5) is 12.3. The molecule has 1 amide bonds. The van der Waals surface area contributed by atoms with Crippen molar-refractivity contribution in [2.24, 2.45) is 0 Å². The van der Waals surface area contributed by atoms with Crippen LogP contribution in [-0.2, 0) is 11.0 Å². The summed E-state index contributed by atoms with van der Waals surface area (Å²) in [6, 6.07) is 11.2. The maximum absolute atomic E-state index is 12.8. The summed E-state index contributed by atoms with van der Waals surface area (Å²) in [5.74, 6) is 0.427. The molecule has 1 heterocycles. The average molecular weight is 400 g/mol. The van der Waals surface area contributed by atoms with Crippen molar-refractivity contribution in [1.82, 2.24) is 0 Å². The van der Waals surface area contributed by atoms with E-state index in [1.807, 2.05) is 0 Å². The number of ether oxygens (including phenoxy) is 2. The van der Waals surface area contributed by atoms with Gasteiger partial charge in [0.25, 0.3) is 5.91 Å². The fourth-order valence-corrected chi connectivity index (χ4v) is 2.68. The Morgan fingerprint density at radius 1 is 1.28 bits per heavy atom. The first-order valence-corrected chi connectivity index (χ1v) is 8.42. The molecule has 0 aromatic heterocycles. The molecule has 1 aliphatic rings. The van der Waals surface area contributed by atoms with E-state index in [-0.39, 0.29) is 17.9 Å².